The fourth-order valence-electron chi connectivity index (χ4n) is 2.51. The molecule has 0 saturated carbocycles. The fraction of sp³-hybridized carbons (Fsp3) is 0.900. The SMILES string of the molecule is COC(=O)C1CNCC1N1CCCC1. The molecule has 1 N–H and O–H groups in total. The van der Waals surface area contributed by atoms with Crippen molar-refractivity contribution in [2.45, 2.75) is 18.9 Å². The molecule has 0 spiro atoms. The summed E-state index contributed by atoms with van der Waals surface area (Å²) >= 11 is 0. The first kappa shape index (κ1) is 9.93. The second kappa shape index (κ2) is 4.28. The molecule has 0 bridgehead atoms. The minimum absolute atomic E-state index is 0.0399. The number of rotatable bonds is 2. The Bertz CT molecular complexity index is 214. The summed E-state index contributed by atoms with van der Waals surface area (Å²) in [6.45, 7) is 3.98. The van der Waals surface area contributed by atoms with Gasteiger partial charge in [0, 0.05) is 19.1 Å². The zero-order chi connectivity index (χ0) is 9.97. The lowest BCUT2D eigenvalue weighted by Crippen LogP contribution is -2.41. The van der Waals surface area contributed by atoms with Crippen molar-refractivity contribution >= 4 is 5.97 Å². The van der Waals surface area contributed by atoms with E-state index in [0.717, 1.165) is 26.2 Å². The third kappa shape index (κ3) is 1.77. The van der Waals surface area contributed by atoms with Gasteiger partial charge in [0.2, 0.25) is 0 Å². The van der Waals surface area contributed by atoms with Gasteiger partial charge in [-0.15, -0.1) is 0 Å². The maximum Gasteiger partial charge on any atom is 0.311 e. The summed E-state index contributed by atoms with van der Waals surface area (Å²) in [5, 5.41) is 3.27. The van der Waals surface area contributed by atoms with Crippen molar-refractivity contribution in [3.8, 4) is 0 Å². The maximum atomic E-state index is 11.5. The smallest absolute Gasteiger partial charge is 0.311 e. The van der Waals surface area contributed by atoms with Crippen LogP contribution in [0.15, 0.2) is 0 Å². The molecule has 2 atom stereocenters. The van der Waals surface area contributed by atoms with E-state index in [9.17, 15) is 4.79 Å². The summed E-state index contributed by atoms with van der Waals surface area (Å²) in [5.41, 5.74) is 0. The van der Waals surface area contributed by atoms with Crippen LogP contribution in [0.1, 0.15) is 12.8 Å². The molecular weight excluding hydrogens is 180 g/mol. The standard InChI is InChI=1S/C10H18N2O2/c1-14-10(13)8-6-11-7-9(8)12-4-2-3-5-12/h8-9,11H,2-7H2,1H3. The van der Waals surface area contributed by atoms with Crippen LogP contribution in [0.2, 0.25) is 0 Å². The van der Waals surface area contributed by atoms with Gasteiger partial charge < -0.3 is 10.1 Å². The summed E-state index contributed by atoms with van der Waals surface area (Å²) in [5.74, 6) is -0.0231. The third-order valence-electron chi connectivity index (χ3n) is 3.30. The van der Waals surface area contributed by atoms with Crippen molar-refractivity contribution < 1.29 is 9.53 Å². The predicted octanol–water partition coefficient (Wildman–Crippen LogP) is -0.157. The lowest BCUT2D eigenvalue weighted by Gasteiger charge is -2.26. The summed E-state index contributed by atoms with van der Waals surface area (Å²) in [6, 6.07) is 0.366. The Hall–Kier alpha value is -0.610. The van der Waals surface area contributed by atoms with Gasteiger partial charge in [0.15, 0.2) is 0 Å². The van der Waals surface area contributed by atoms with E-state index in [-0.39, 0.29) is 11.9 Å². The molecule has 4 nitrogen and oxygen atoms in total. The van der Waals surface area contributed by atoms with Crippen LogP contribution in [0, 0.1) is 5.92 Å². The van der Waals surface area contributed by atoms with E-state index in [4.69, 9.17) is 4.74 Å². The van der Waals surface area contributed by atoms with Gasteiger partial charge in [0.05, 0.1) is 13.0 Å². The lowest BCUT2D eigenvalue weighted by atomic mass is 10.0. The number of likely N-dealkylation sites (tertiary alicyclic amines) is 1. The van der Waals surface area contributed by atoms with Crippen LogP contribution < -0.4 is 5.32 Å². The van der Waals surface area contributed by atoms with Crippen LogP contribution in [0.3, 0.4) is 0 Å². The monoisotopic (exact) mass is 198 g/mol. The number of ether oxygens (including phenoxy) is 1. The minimum Gasteiger partial charge on any atom is -0.469 e. The summed E-state index contributed by atoms with van der Waals surface area (Å²) in [4.78, 5) is 13.9. The van der Waals surface area contributed by atoms with Gasteiger partial charge in [0.1, 0.15) is 0 Å². The summed E-state index contributed by atoms with van der Waals surface area (Å²) in [6.07, 6.45) is 2.54. The molecule has 0 aromatic rings. The molecule has 2 aliphatic rings. The lowest BCUT2D eigenvalue weighted by molar-refractivity contribution is -0.146. The van der Waals surface area contributed by atoms with Crippen LogP contribution in [0.25, 0.3) is 0 Å². The van der Waals surface area contributed by atoms with Gasteiger partial charge in [-0.3, -0.25) is 9.69 Å². The highest BCUT2D eigenvalue weighted by atomic mass is 16.5. The van der Waals surface area contributed by atoms with Crippen LogP contribution in [0.4, 0.5) is 0 Å². The molecule has 0 aromatic carbocycles. The Morgan fingerprint density at radius 1 is 1.36 bits per heavy atom. The number of nitrogens with zero attached hydrogens (tertiary/aromatic N) is 1. The molecule has 2 heterocycles. The zero-order valence-corrected chi connectivity index (χ0v) is 8.66. The zero-order valence-electron chi connectivity index (χ0n) is 8.66. The Morgan fingerprint density at radius 3 is 2.71 bits per heavy atom. The van der Waals surface area contributed by atoms with Crippen LogP contribution in [0.5, 0.6) is 0 Å². The maximum absolute atomic E-state index is 11.5. The molecule has 0 amide bonds. The van der Waals surface area contributed by atoms with Crippen molar-refractivity contribution in [1.29, 1.82) is 0 Å². The van der Waals surface area contributed by atoms with Crippen molar-refractivity contribution in [3.05, 3.63) is 0 Å². The molecule has 2 saturated heterocycles. The Balaban J connectivity index is 1.98. The summed E-state index contributed by atoms with van der Waals surface area (Å²) < 4.78 is 4.82. The highest BCUT2D eigenvalue weighted by molar-refractivity contribution is 5.74. The first-order valence-electron chi connectivity index (χ1n) is 5.35. The Morgan fingerprint density at radius 2 is 2.07 bits per heavy atom. The molecule has 2 unspecified atom stereocenters. The average Bonchev–Trinajstić information content (AvgIpc) is 2.85. The number of esters is 1. The van der Waals surface area contributed by atoms with Crippen molar-refractivity contribution in [2.75, 3.05) is 33.3 Å². The first-order valence-corrected chi connectivity index (χ1v) is 5.35. The largest absolute Gasteiger partial charge is 0.469 e. The van der Waals surface area contributed by atoms with Gasteiger partial charge in [-0.1, -0.05) is 0 Å². The van der Waals surface area contributed by atoms with Crippen molar-refractivity contribution in [3.63, 3.8) is 0 Å². The van der Waals surface area contributed by atoms with Crippen molar-refractivity contribution in [2.24, 2.45) is 5.92 Å². The highest BCUT2D eigenvalue weighted by Gasteiger charge is 2.38. The molecule has 14 heavy (non-hydrogen) atoms. The van der Waals surface area contributed by atoms with Crippen LogP contribution >= 0.6 is 0 Å². The van der Waals surface area contributed by atoms with E-state index < -0.39 is 0 Å². The van der Waals surface area contributed by atoms with E-state index in [1.165, 1.54) is 20.0 Å². The molecule has 0 aliphatic carbocycles. The predicted molar refractivity (Wildman–Crippen MR) is 53.0 cm³/mol. The number of carbonyl (C=O) groups is 1. The van der Waals surface area contributed by atoms with Gasteiger partial charge in [0.25, 0.3) is 0 Å². The second-order valence-corrected chi connectivity index (χ2v) is 4.10. The second-order valence-electron chi connectivity index (χ2n) is 4.10. The number of hydrogen-bond donors (Lipinski definition) is 1. The van der Waals surface area contributed by atoms with Crippen LogP contribution in [-0.2, 0) is 9.53 Å². The molecule has 0 aromatic heterocycles. The topological polar surface area (TPSA) is 41.6 Å². The molecule has 80 valence electrons. The molecular formula is C10H18N2O2. The number of methoxy groups -OCH3 is 1. The average molecular weight is 198 g/mol. The van der Waals surface area contributed by atoms with Gasteiger partial charge in [-0.05, 0) is 25.9 Å². The summed E-state index contributed by atoms with van der Waals surface area (Å²) in [7, 11) is 1.47. The quantitative estimate of drug-likeness (QED) is 0.626. The van der Waals surface area contributed by atoms with Gasteiger partial charge in [-0.2, -0.15) is 0 Å². The fourth-order valence-corrected chi connectivity index (χ4v) is 2.51. The Kier molecular flexibility index (Phi) is 3.03. The first-order chi connectivity index (χ1) is 6.83. The van der Waals surface area contributed by atoms with E-state index >= 15 is 0 Å². The minimum atomic E-state index is -0.0631. The number of nitrogens with one attached hydrogen (secondary N) is 1. The third-order valence-corrected chi connectivity index (χ3v) is 3.30. The van der Waals surface area contributed by atoms with Gasteiger partial charge in [-0.25, -0.2) is 0 Å². The molecule has 0 radical (unpaired) electrons. The van der Waals surface area contributed by atoms with Gasteiger partial charge >= 0.3 is 5.97 Å². The van der Waals surface area contributed by atoms with E-state index in [1.54, 1.807) is 0 Å². The molecule has 2 fully saturated rings. The molecule has 4 heteroatoms. The van der Waals surface area contributed by atoms with Crippen molar-refractivity contribution in [1.82, 2.24) is 10.2 Å². The highest BCUT2D eigenvalue weighted by Crippen LogP contribution is 2.21. The number of hydrogen-bond acceptors (Lipinski definition) is 4. The van der Waals surface area contributed by atoms with E-state index in [0.29, 0.717) is 6.04 Å². The van der Waals surface area contributed by atoms with E-state index in [2.05, 4.69) is 10.2 Å². The molecule has 2 aliphatic heterocycles. The molecule has 2 rings (SSSR count). The van der Waals surface area contributed by atoms with Crippen LogP contribution in [-0.4, -0.2) is 50.2 Å². The van der Waals surface area contributed by atoms with E-state index in [1.807, 2.05) is 0 Å². The Labute approximate surface area is 84.6 Å². The normalized spacial score (nSPS) is 33.5. The number of carbonyl (C=O) groups excluding carboxylic acids is 1.